The molecule has 1 aromatic carbocycles. The van der Waals surface area contributed by atoms with Crippen LogP contribution in [0.5, 0.6) is 5.75 Å². The second-order valence-corrected chi connectivity index (χ2v) is 4.36. The number of nitrogens with one attached hydrogen (secondary N) is 1. The van der Waals surface area contributed by atoms with Crippen molar-refractivity contribution in [2.24, 2.45) is 5.73 Å². The number of carbonyl (C=O) groups is 3. The number of benzene rings is 1. The first kappa shape index (κ1) is 14.0. The van der Waals surface area contributed by atoms with E-state index in [1.807, 2.05) is 0 Å². The molecule has 20 heavy (non-hydrogen) atoms. The van der Waals surface area contributed by atoms with Crippen molar-refractivity contribution in [1.82, 2.24) is 10.2 Å². The van der Waals surface area contributed by atoms with Crippen LogP contribution >= 0.6 is 0 Å². The maximum atomic E-state index is 11.8. The van der Waals surface area contributed by atoms with Crippen molar-refractivity contribution >= 4 is 17.7 Å². The first-order valence-corrected chi connectivity index (χ1v) is 6.11. The zero-order chi connectivity index (χ0) is 14.5. The lowest BCUT2D eigenvalue weighted by Crippen LogP contribution is -2.54. The summed E-state index contributed by atoms with van der Waals surface area (Å²) in [6.45, 7) is -0.0349. The van der Waals surface area contributed by atoms with Crippen LogP contribution in [0.4, 0.5) is 0 Å². The van der Waals surface area contributed by atoms with Gasteiger partial charge in [0.1, 0.15) is 18.8 Å². The Morgan fingerprint density at radius 2 is 1.80 bits per heavy atom. The van der Waals surface area contributed by atoms with Crippen molar-refractivity contribution in [2.75, 3.05) is 19.7 Å². The van der Waals surface area contributed by atoms with E-state index in [4.69, 9.17) is 10.5 Å². The fraction of sp³-hybridized carbons (Fsp3) is 0.308. The Balaban J connectivity index is 1.87. The third kappa shape index (κ3) is 3.55. The Morgan fingerprint density at radius 1 is 1.20 bits per heavy atom. The molecular formula is C13H15N3O4. The molecule has 3 amide bonds. The van der Waals surface area contributed by atoms with E-state index in [-0.39, 0.29) is 19.7 Å². The summed E-state index contributed by atoms with van der Waals surface area (Å²) < 4.78 is 5.32. The van der Waals surface area contributed by atoms with Crippen LogP contribution in [0.1, 0.15) is 5.56 Å². The van der Waals surface area contributed by atoms with Crippen LogP contribution < -0.4 is 15.8 Å². The molecule has 0 spiro atoms. The second kappa shape index (κ2) is 6.16. The van der Waals surface area contributed by atoms with E-state index < -0.39 is 17.7 Å². The molecular weight excluding hydrogens is 262 g/mol. The van der Waals surface area contributed by atoms with Gasteiger partial charge in [-0.2, -0.15) is 0 Å². The maximum absolute atomic E-state index is 11.8. The van der Waals surface area contributed by atoms with Gasteiger partial charge in [-0.15, -0.1) is 0 Å². The SMILES string of the molecule is NCc1ccc(OCC(=O)N2CC(=O)NC(=O)C2)cc1. The summed E-state index contributed by atoms with van der Waals surface area (Å²) in [5.74, 6) is -0.844. The maximum Gasteiger partial charge on any atom is 0.261 e. The van der Waals surface area contributed by atoms with Crippen LogP contribution in [0.2, 0.25) is 0 Å². The molecule has 7 heteroatoms. The summed E-state index contributed by atoms with van der Waals surface area (Å²) in [6.07, 6.45) is 0. The molecule has 1 fully saturated rings. The minimum Gasteiger partial charge on any atom is -0.484 e. The summed E-state index contributed by atoms with van der Waals surface area (Å²) >= 11 is 0. The number of piperazine rings is 1. The van der Waals surface area contributed by atoms with E-state index in [2.05, 4.69) is 5.32 Å². The summed E-state index contributed by atoms with van der Waals surface area (Å²) in [5.41, 5.74) is 6.43. The molecule has 0 bridgehead atoms. The number of ether oxygens (including phenoxy) is 1. The lowest BCUT2D eigenvalue weighted by atomic mass is 10.2. The Hall–Kier alpha value is -2.41. The number of amides is 3. The molecule has 0 radical (unpaired) electrons. The molecule has 0 atom stereocenters. The molecule has 1 aliphatic heterocycles. The van der Waals surface area contributed by atoms with Crippen molar-refractivity contribution in [3.63, 3.8) is 0 Å². The fourth-order valence-electron chi connectivity index (χ4n) is 1.77. The van der Waals surface area contributed by atoms with Crippen LogP contribution in [0.15, 0.2) is 24.3 Å². The van der Waals surface area contributed by atoms with Gasteiger partial charge < -0.3 is 15.4 Å². The van der Waals surface area contributed by atoms with Crippen molar-refractivity contribution in [2.45, 2.75) is 6.54 Å². The van der Waals surface area contributed by atoms with Gasteiger partial charge in [0.05, 0.1) is 0 Å². The van der Waals surface area contributed by atoms with Gasteiger partial charge in [0.2, 0.25) is 11.8 Å². The van der Waals surface area contributed by atoms with Gasteiger partial charge >= 0.3 is 0 Å². The number of nitrogens with zero attached hydrogens (tertiary/aromatic N) is 1. The number of rotatable bonds is 4. The van der Waals surface area contributed by atoms with Crippen molar-refractivity contribution in [1.29, 1.82) is 0 Å². The van der Waals surface area contributed by atoms with E-state index in [0.29, 0.717) is 12.3 Å². The van der Waals surface area contributed by atoms with Gasteiger partial charge in [-0.3, -0.25) is 19.7 Å². The highest BCUT2D eigenvalue weighted by atomic mass is 16.5. The highest BCUT2D eigenvalue weighted by molar-refractivity contribution is 6.02. The number of hydrogen-bond acceptors (Lipinski definition) is 5. The normalized spacial score (nSPS) is 14.9. The van der Waals surface area contributed by atoms with Crippen LogP contribution in [0, 0.1) is 0 Å². The number of hydrogen-bond donors (Lipinski definition) is 2. The van der Waals surface area contributed by atoms with Gasteiger partial charge in [0.25, 0.3) is 5.91 Å². The molecule has 106 valence electrons. The van der Waals surface area contributed by atoms with Gasteiger partial charge in [-0.05, 0) is 17.7 Å². The summed E-state index contributed by atoms with van der Waals surface area (Å²) in [7, 11) is 0. The van der Waals surface area contributed by atoms with Gasteiger partial charge in [0.15, 0.2) is 6.61 Å². The van der Waals surface area contributed by atoms with Gasteiger partial charge in [0, 0.05) is 6.54 Å². The zero-order valence-corrected chi connectivity index (χ0v) is 10.8. The van der Waals surface area contributed by atoms with Crippen molar-refractivity contribution in [3.8, 4) is 5.75 Å². The lowest BCUT2D eigenvalue weighted by Gasteiger charge is -2.25. The lowest BCUT2D eigenvalue weighted by molar-refractivity contribution is -0.146. The van der Waals surface area contributed by atoms with Crippen LogP contribution in [-0.2, 0) is 20.9 Å². The number of carbonyl (C=O) groups excluding carboxylic acids is 3. The summed E-state index contributed by atoms with van der Waals surface area (Å²) in [6, 6.07) is 7.03. The third-order valence-corrected chi connectivity index (χ3v) is 2.82. The second-order valence-electron chi connectivity index (χ2n) is 4.36. The summed E-state index contributed by atoms with van der Waals surface area (Å²) in [5, 5.41) is 2.13. The molecule has 2 rings (SSSR count). The van der Waals surface area contributed by atoms with Gasteiger partial charge in [-0.1, -0.05) is 12.1 Å². The van der Waals surface area contributed by atoms with Crippen LogP contribution in [-0.4, -0.2) is 42.3 Å². The highest BCUT2D eigenvalue weighted by Gasteiger charge is 2.26. The van der Waals surface area contributed by atoms with Crippen molar-refractivity contribution in [3.05, 3.63) is 29.8 Å². The molecule has 1 heterocycles. The van der Waals surface area contributed by atoms with E-state index in [9.17, 15) is 14.4 Å². The average molecular weight is 277 g/mol. The first-order chi connectivity index (χ1) is 9.58. The van der Waals surface area contributed by atoms with E-state index in [0.717, 1.165) is 10.5 Å². The quantitative estimate of drug-likeness (QED) is 0.688. The van der Waals surface area contributed by atoms with Crippen LogP contribution in [0.25, 0.3) is 0 Å². The monoisotopic (exact) mass is 277 g/mol. The molecule has 0 aliphatic carbocycles. The van der Waals surface area contributed by atoms with Gasteiger partial charge in [-0.25, -0.2) is 0 Å². The smallest absolute Gasteiger partial charge is 0.261 e. The zero-order valence-electron chi connectivity index (χ0n) is 10.8. The van der Waals surface area contributed by atoms with E-state index in [1.165, 1.54) is 0 Å². The largest absolute Gasteiger partial charge is 0.484 e. The topological polar surface area (TPSA) is 102 Å². The van der Waals surface area contributed by atoms with Crippen molar-refractivity contribution < 1.29 is 19.1 Å². The average Bonchev–Trinajstić information content (AvgIpc) is 2.44. The first-order valence-electron chi connectivity index (χ1n) is 6.11. The molecule has 3 N–H and O–H groups in total. The van der Waals surface area contributed by atoms with Crippen LogP contribution in [0.3, 0.4) is 0 Å². The summed E-state index contributed by atoms with van der Waals surface area (Å²) in [4.78, 5) is 35.3. The Bertz CT molecular complexity index is 511. The molecule has 0 aromatic heterocycles. The Morgan fingerprint density at radius 3 is 2.35 bits per heavy atom. The Kier molecular flexibility index (Phi) is 4.31. The molecule has 1 aromatic rings. The number of imide groups is 1. The minimum atomic E-state index is -0.484. The standard InChI is InChI=1S/C13H15N3O4/c14-5-9-1-3-10(4-2-9)20-8-13(19)16-6-11(17)15-12(18)7-16/h1-4H,5-8,14H2,(H,15,17,18). The predicted octanol–water partition coefficient (Wildman–Crippen LogP) is -0.991. The fourth-order valence-corrected chi connectivity index (χ4v) is 1.77. The van der Waals surface area contributed by atoms with E-state index in [1.54, 1.807) is 24.3 Å². The number of nitrogens with two attached hydrogens (primary N) is 1. The molecule has 0 saturated carbocycles. The molecule has 1 aliphatic rings. The Labute approximate surface area is 115 Å². The molecule has 1 saturated heterocycles. The molecule has 0 unspecified atom stereocenters. The minimum absolute atomic E-state index is 0.125. The predicted molar refractivity (Wildman–Crippen MR) is 69.6 cm³/mol. The third-order valence-electron chi connectivity index (χ3n) is 2.82. The highest BCUT2D eigenvalue weighted by Crippen LogP contribution is 2.12. The molecule has 7 nitrogen and oxygen atoms in total. The van der Waals surface area contributed by atoms with E-state index >= 15 is 0 Å².